The third-order valence-corrected chi connectivity index (χ3v) is 5.65. The van der Waals surface area contributed by atoms with Crippen LogP contribution in [0.5, 0.6) is 0 Å². The summed E-state index contributed by atoms with van der Waals surface area (Å²) >= 11 is 0. The summed E-state index contributed by atoms with van der Waals surface area (Å²) in [5.74, 6) is 0. The Bertz CT molecular complexity index is 755. The molecular weight excluding hydrogens is 324 g/mol. The normalized spacial score (nSPS) is 23.0. The maximum Gasteiger partial charge on any atom is 0.407 e. The van der Waals surface area contributed by atoms with Crippen LogP contribution in [0.15, 0.2) is 48.5 Å². The molecule has 0 saturated carbocycles. The summed E-state index contributed by atoms with van der Waals surface area (Å²) in [6.45, 7) is 5.15. The van der Waals surface area contributed by atoms with Crippen molar-refractivity contribution in [3.63, 3.8) is 0 Å². The van der Waals surface area contributed by atoms with E-state index in [1.807, 2.05) is 0 Å². The Morgan fingerprint density at radius 1 is 1.08 bits per heavy atom. The molecule has 0 bridgehead atoms. The minimum absolute atomic E-state index is 0.0353. The van der Waals surface area contributed by atoms with Crippen LogP contribution >= 0.6 is 0 Å². The second-order valence-electron chi connectivity index (χ2n) is 7.39. The number of nitrogens with one attached hydrogen (secondary N) is 1. The van der Waals surface area contributed by atoms with Gasteiger partial charge >= 0.3 is 6.09 Å². The Morgan fingerprint density at radius 3 is 2.35 bits per heavy atom. The number of likely N-dealkylation sites (tertiary alicyclic amines) is 1. The van der Waals surface area contributed by atoms with E-state index in [0.29, 0.717) is 6.61 Å². The fourth-order valence-electron chi connectivity index (χ4n) is 3.93. The summed E-state index contributed by atoms with van der Waals surface area (Å²) in [5, 5.41) is 2.81. The lowest BCUT2D eigenvalue weighted by molar-refractivity contribution is 0.177. The minimum atomic E-state index is -0.335. The molecule has 26 heavy (non-hydrogen) atoms. The predicted molar refractivity (Wildman–Crippen MR) is 103 cm³/mol. The van der Waals surface area contributed by atoms with Crippen molar-refractivity contribution in [2.45, 2.75) is 38.3 Å². The lowest BCUT2D eigenvalue weighted by Gasteiger charge is -2.20. The van der Waals surface area contributed by atoms with E-state index in [1.54, 1.807) is 0 Å². The van der Waals surface area contributed by atoms with Crippen LogP contribution in [0, 0.1) is 0 Å². The van der Waals surface area contributed by atoms with E-state index < -0.39 is 0 Å². The Balaban J connectivity index is 1.38. The third-order valence-electron chi connectivity index (χ3n) is 5.65. The van der Waals surface area contributed by atoms with Crippen molar-refractivity contribution in [3.8, 4) is 11.1 Å². The molecule has 4 nitrogen and oxygen atoms in total. The van der Waals surface area contributed by atoms with Gasteiger partial charge in [-0.2, -0.15) is 0 Å². The zero-order chi connectivity index (χ0) is 17.9. The maximum atomic E-state index is 11.2. The van der Waals surface area contributed by atoms with Crippen molar-refractivity contribution >= 4 is 6.09 Å². The highest BCUT2D eigenvalue weighted by Gasteiger charge is 2.23. The van der Waals surface area contributed by atoms with Gasteiger partial charge in [0.05, 0.1) is 6.04 Å². The zero-order valence-electron chi connectivity index (χ0n) is 15.3. The largest absolute Gasteiger partial charge is 0.447 e. The topological polar surface area (TPSA) is 41.6 Å². The summed E-state index contributed by atoms with van der Waals surface area (Å²) < 4.78 is 4.96. The number of benzene rings is 2. The number of carbonyl (C=O) groups excluding carboxylic acids is 1. The summed E-state index contributed by atoms with van der Waals surface area (Å²) in [4.78, 5) is 13.8. The zero-order valence-corrected chi connectivity index (χ0v) is 15.3. The van der Waals surface area contributed by atoms with Crippen molar-refractivity contribution in [1.82, 2.24) is 10.2 Å². The Morgan fingerprint density at radius 2 is 1.77 bits per heavy atom. The number of nitrogens with zero attached hydrogens (tertiary/aromatic N) is 1. The first kappa shape index (κ1) is 17.1. The molecule has 1 amide bonds. The summed E-state index contributed by atoms with van der Waals surface area (Å²) in [6.07, 6.45) is 3.46. The fraction of sp³-hybridized carbons (Fsp3) is 0.409. The van der Waals surface area contributed by atoms with Gasteiger partial charge in [-0.1, -0.05) is 48.5 Å². The second-order valence-corrected chi connectivity index (χ2v) is 7.39. The van der Waals surface area contributed by atoms with Gasteiger partial charge in [-0.05, 0) is 55.0 Å². The van der Waals surface area contributed by atoms with Gasteiger partial charge in [0.25, 0.3) is 0 Å². The van der Waals surface area contributed by atoms with E-state index in [4.69, 9.17) is 4.74 Å². The molecule has 0 spiro atoms. The molecule has 2 saturated heterocycles. The van der Waals surface area contributed by atoms with Crippen LogP contribution in [-0.2, 0) is 11.2 Å². The van der Waals surface area contributed by atoms with Crippen molar-refractivity contribution < 1.29 is 9.53 Å². The molecule has 2 aromatic rings. The molecule has 2 fully saturated rings. The number of rotatable bonds is 5. The van der Waals surface area contributed by atoms with Crippen LogP contribution in [0.1, 0.15) is 36.9 Å². The maximum absolute atomic E-state index is 11.2. The molecular formula is C22H26N2O2. The van der Waals surface area contributed by atoms with E-state index >= 15 is 0 Å². The molecule has 2 atom stereocenters. The molecule has 4 rings (SSSR count). The van der Waals surface area contributed by atoms with E-state index in [0.717, 1.165) is 24.6 Å². The van der Waals surface area contributed by atoms with Crippen LogP contribution in [0.2, 0.25) is 0 Å². The Kier molecular flexibility index (Phi) is 4.93. The monoisotopic (exact) mass is 350 g/mol. The lowest BCUT2D eigenvalue weighted by Crippen LogP contribution is -2.28. The first-order chi connectivity index (χ1) is 12.7. The number of hydrogen-bond donors (Lipinski definition) is 1. The number of carbonyl (C=O) groups is 1. The summed E-state index contributed by atoms with van der Waals surface area (Å²) in [7, 11) is 0. The van der Waals surface area contributed by atoms with Crippen molar-refractivity contribution in [2.24, 2.45) is 0 Å². The number of cyclic esters (lactones) is 1. The minimum Gasteiger partial charge on any atom is -0.447 e. The summed E-state index contributed by atoms with van der Waals surface area (Å²) in [6, 6.07) is 18.0. The third kappa shape index (κ3) is 3.75. The van der Waals surface area contributed by atoms with E-state index in [-0.39, 0.29) is 12.1 Å². The van der Waals surface area contributed by atoms with Gasteiger partial charge < -0.3 is 15.0 Å². The van der Waals surface area contributed by atoms with Crippen LogP contribution in [0.3, 0.4) is 0 Å². The van der Waals surface area contributed by atoms with Crippen LogP contribution < -0.4 is 5.32 Å². The first-order valence-electron chi connectivity index (χ1n) is 9.56. The van der Waals surface area contributed by atoms with Crippen molar-refractivity contribution in [3.05, 3.63) is 59.7 Å². The van der Waals surface area contributed by atoms with Crippen LogP contribution in [0.4, 0.5) is 4.79 Å². The molecule has 0 aliphatic carbocycles. The van der Waals surface area contributed by atoms with Gasteiger partial charge in [-0.25, -0.2) is 4.79 Å². The highest BCUT2D eigenvalue weighted by molar-refractivity contribution is 5.70. The fourth-order valence-corrected chi connectivity index (χ4v) is 3.93. The van der Waals surface area contributed by atoms with E-state index in [2.05, 4.69) is 65.7 Å². The summed E-state index contributed by atoms with van der Waals surface area (Å²) in [5.41, 5.74) is 4.89. The SMILES string of the molecule is C[C@@H]1CCCN1CCc1ccc(-c2ccc([C@@H]3COC(=O)N3)cc2)cc1. The van der Waals surface area contributed by atoms with Crippen molar-refractivity contribution in [2.75, 3.05) is 19.7 Å². The Hall–Kier alpha value is -2.33. The molecule has 2 aromatic carbocycles. The van der Waals surface area contributed by atoms with Gasteiger partial charge in [-0.3, -0.25) is 0 Å². The highest BCUT2D eigenvalue weighted by atomic mass is 16.6. The molecule has 136 valence electrons. The Labute approximate surface area is 155 Å². The first-order valence-corrected chi connectivity index (χ1v) is 9.56. The lowest BCUT2D eigenvalue weighted by atomic mass is 9.99. The molecule has 2 heterocycles. The molecule has 0 unspecified atom stereocenters. The van der Waals surface area contributed by atoms with E-state index in [9.17, 15) is 4.79 Å². The molecule has 1 N–H and O–H groups in total. The van der Waals surface area contributed by atoms with Gasteiger partial charge in [-0.15, -0.1) is 0 Å². The average Bonchev–Trinajstić information content (AvgIpc) is 3.29. The number of hydrogen-bond acceptors (Lipinski definition) is 3. The predicted octanol–water partition coefficient (Wildman–Crippen LogP) is 4.16. The molecule has 4 heteroatoms. The van der Waals surface area contributed by atoms with Gasteiger partial charge in [0, 0.05) is 12.6 Å². The molecule has 0 radical (unpaired) electrons. The van der Waals surface area contributed by atoms with E-state index in [1.165, 1.54) is 36.1 Å². The highest BCUT2D eigenvalue weighted by Crippen LogP contribution is 2.24. The smallest absolute Gasteiger partial charge is 0.407 e. The number of alkyl carbamates (subject to hydrolysis) is 1. The van der Waals surface area contributed by atoms with Gasteiger partial charge in [0.15, 0.2) is 0 Å². The number of ether oxygens (including phenoxy) is 1. The van der Waals surface area contributed by atoms with Crippen LogP contribution in [0.25, 0.3) is 11.1 Å². The molecule has 0 aromatic heterocycles. The second kappa shape index (κ2) is 7.50. The molecule has 2 aliphatic rings. The van der Waals surface area contributed by atoms with Crippen molar-refractivity contribution in [1.29, 1.82) is 0 Å². The van der Waals surface area contributed by atoms with Crippen LogP contribution in [-0.4, -0.2) is 36.7 Å². The quantitative estimate of drug-likeness (QED) is 0.880. The molecule has 2 aliphatic heterocycles. The van der Waals surface area contributed by atoms with Gasteiger partial charge in [0.2, 0.25) is 0 Å². The average molecular weight is 350 g/mol. The standard InChI is InChI=1S/C22H26N2O2/c1-16-3-2-13-24(16)14-12-17-4-6-18(7-5-17)19-8-10-20(11-9-19)21-15-26-22(25)23-21/h4-11,16,21H,2-3,12-15H2,1H3,(H,23,25)/t16-,21+/m1/s1. The van der Waals surface area contributed by atoms with Gasteiger partial charge in [0.1, 0.15) is 6.61 Å². The number of amides is 1.